The van der Waals surface area contributed by atoms with Gasteiger partial charge in [0.2, 0.25) is 5.91 Å². The standard InChI is InChI=1S/C23H21BrN2O2/c1-23(2,22(28)25-20-16-10-9-15-19(20)24)26(18-13-7-4-8-14-18)21(27)17-11-5-3-6-12-17/h3-16H,1-2H3,(H,25,28). The number of halogens is 1. The van der Waals surface area contributed by atoms with Crippen molar-refractivity contribution in [2.75, 3.05) is 10.2 Å². The van der Waals surface area contributed by atoms with Crippen molar-refractivity contribution in [2.24, 2.45) is 0 Å². The van der Waals surface area contributed by atoms with Gasteiger partial charge in [0.05, 0.1) is 5.69 Å². The molecule has 0 atom stereocenters. The van der Waals surface area contributed by atoms with Gasteiger partial charge < -0.3 is 5.32 Å². The van der Waals surface area contributed by atoms with Crippen LogP contribution in [0.15, 0.2) is 89.4 Å². The number of hydrogen-bond acceptors (Lipinski definition) is 2. The maximum atomic E-state index is 13.4. The van der Waals surface area contributed by atoms with E-state index in [1.807, 2.05) is 72.8 Å². The summed E-state index contributed by atoms with van der Waals surface area (Å²) in [7, 11) is 0. The first-order chi connectivity index (χ1) is 13.4. The highest BCUT2D eigenvalue weighted by atomic mass is 79.9. The van der Waals surface area contributed by atoms with E-state index in [4.69, 9.17) is 0 Å². The van der Waals surface area contributed by atoms with Gasteiger partial charge in [-0.2, -0.15) is 0 Å². The number of nitrogens with one attached hydrogen (secondary N) is 1. The van der Waals surface area contributed by atoms with Crippen molar-refractivity contribution in [1.82, 2.24) is 0 Å². The zero-order chi connectivity index (χ0) is 20.1. The molecule has 3 aromatic carbocycles. The molecule has 1 N–H and O–H groups in total. The highest BCUT2D eigenvalue weighted by Gasteiger charge is 2.39. The van der Waals surface area contributed by atoms with Crippen molar-refractivity contribution < 1.29 is 9.59 Å². The van der Waals surface area contributed by atoms with Crippen molar-refractivity contribution in [3.63, 3.8) is 0 Å². The molecule has 0 unspecified atom stereocenters. The van der Waals surface area contributed by atoms with Crippen molar-refractivity contribution in [3.8, 4) is 0 Å². The molecule has 28 heavy (non-hydrogen) atoms. The molecule has 0 aliphatic carbocycles. The Bertz CT molecular complexity index is 972. The topological polar surface area (TPSA) is 49.4 Å². The number of amides is 2. The van der Waals surface area contributed by atoms with Crippen LogP contribution in [0.4, 0.5) is 11.4 Å². The number of rotatable bonds is 5. The molecular formula is C23H21BrN2O2. The van der Waals surface area contributed by atoms with Crippen molar-refractivity contribution in [1.29, 1.82) is 0 Å². The third kappa shape index (κ3) is 4.15. The Morgan fingerprint density at radius 1 is 0.821 bits per heavy atom. The molecule has 0 saturated heterocycles. The van der Waals surface area contributed by atoms with Gasteiger partial charge in [0, 0.05) is 15.7 Å². The van der Waals surface area contributed by atoms with Crippen LogP contribution in [0.2, 0.25) is 0 Å². The first kappa shape index (κ1) is 19.8. The minimum absolute atomic E-state index is 0.237. The van der Waals surface area contributed by atoms with E-state index in [2.05, 4.69) is 21.2 Å². The third-order valence-electron chi connectivity index (χ3n) is 4.47. The summed E-state index contributed by atoms with van der Waals surface area (Å²) < 4.78 is 0.778. The van der Waals surface area contributed by atoms with Gasteiger partial charge in [0.15, 0.2) is 0 Å². The van der Waals surface area contributed by atoms with Crippen molar-refractivity contribution >= 4 is 39.1 Å². The summed E-state index contributed by atoms with van der Waals surface area (Å²) in [6.07, 6.45) is 0. The van der Waals surface area contributed by atoms with Crippen LogP contribution in [0, 0.1) is 0 Å². The molecule has 5 heteroatoms. The van der Waals surface area contributed by atoms with Gasteiger partial charge in [0.25, 0.3) is 5.91 Å². The number of carbonyl (C=O) groups is 2. The fraction of sp³-hybridized carbons (Fsp3) is 0.130. The summed E-state index contributed by atoms with van der Waals surface area (Å²) in [6.45, 7) is 3.49. The summed E-state index contributed by atoms with van der Waals surface area (Å²) in [5.74, 6) is -0.522. The Morgan fingerprint density at radius 2 is 1.36 bits per heavy atom. The molecule has 142 valence electrons. The Labute approximate surface area is 173 Å². The monoisotopic (exact) mass is 436 g/mol. The summed E-state index contributed by atoms with van der Waals surface area (Å²) >= 11 is 3.44. The first-order valence-corrected chi connectivity index (χ1v) is 9.71. The van der Waals surface area contributed by atoms with Crippen molar-refractivity contribution in [2.45, 2.75) is 19.4 Å². The molecule has 0 heterocycles. The maximum Gasteiger partial charge on any atom is 0.259 e. The number of anilines is 2. The zero-order valence-electron chi connectivity index (χ0n) is 15.7. The normalized spacial score (nSPS) is 11.0. The fourth-order valence-corrected chi connectivity index (χ4v) is 3.30. The lowest BCUT2D eigenvalue weighted by Crippen LogP contribution is -2.55. The second-order valence-electron chi connectivity index (χ2n) is 6.84. The first-order valence-electron chi connectivity index (χ1n) is 8.92. The second-order valence-corrected chi connectivity index (χ2v) is 7.69. The Hall–Kier alpha value is -2.92. The SMILES string of the molecule is CC(C)(C(=O)Nc1ccccc1Br)N(C(=O)c1ccccc1)c1ccccc1. The quantitative estimate of drug-likeness (QED) is 0.572. The summed E-state index contributed by atoms with van der Waals surface area (Å²) in [5.41, 5.74) is 0.696. The minimum Gasteiger partial charge on any atom is -0.323 e. The molecule has 2 amide bonds. The molecule has 0 radical (unpaired) electrons. The molecule has 0 spiro atoms. The number of carbonyl (C=O) groups excluding carboxylic acids is 2. The van der Waals surface area contributed by atoms with Crippen LogP contribution < -0.4 is 10.2 Å². The average molecular weight is 437 g/mol. The van der Waals surface area contributed by atoms with Crippen molar-refractivity contribution in [3.05, 3.63) is 95.0 Å². The molecule has 3 rings (SSSR count). The molecule has 0 aliphatic rings. The van der Waals surface area contributed by atoms with E-state index in [9.17, 15) is 9.59 Å². The van der Waals surface area contributed by atoms with Gasteiger partial charge in [-0.25, -0.2) is 0 Å². The van der Waals surface area contributed by atoms with E-state index >= 15 is 0 Å². The highest BCUT2D eigenvalue weighted by Crippen LogP contribution is 2.29. The summed E-state index contributed by atoms with van der Waals surface area (Å²) in [5, 5.41) is 2.93. The van der Waals surface area contributed by atoms with Gasteiger partial charge in [0.1, 0.15) is 5.54 Å². The van der Waals surface area contributed by atoms with Gasteiger partial charge in [-0.15, -0.1) is 0 Å². The number of nitrogens with zero attached hydrogens (tertiary/aromatic N) is 1. The largest absolute Gasteiger partial charge is 0.323 e. The highest BCUT2D eigenvalue weighted by molar-refractivity contribution is 9.10. The smallest absolute Gasteiger partial charge is 0.259 e. The molecule has 3 aromatic rings. The molecular weight excluding hydrogens is 416 g/mol. The molecule has 0 aromatic heterocycles. The van der Waals surface area contributed by atoms with Crippen LogP contribution in [-0.2, 0) is 4.79 Å². The molecule has 4 nitrogen and oxygen atoms in total. The van der Waals surface area contributed by atoms with E-state index < -0.39 is 5.54 Å². The summed E-state index contributed by atoms with van der Waals surface area (Å²) in [4.78, 5) is 28.1. The van der Waals surface area contributed by atoms with Crippen LogP contribution in [0.3, 0.4) is 0 Å². The van der Waals surface area contributed by atoms with E-state index in [0.29, 0.717) is 16.9 Å². The van der Waals surface area contributed by atoms with E-state index in [-0.39, 0.29) is 11.8 Å². The van der Waals surface area contributed by atoms with Crippen LogP contribution in [0.25, 0.3) is 0 Å². The molecule has 0 saturated carbocycles. The predicted molar refractivity (Wildman–Crippen MR) is 117 cm³/mol. The Morgan fingerprint density at radius 3 is 1.96 bits per heavy atom. The minimum atomic E-state index is -1.14. The van der Waals surface area contributed by atoms with E-state index in [1.54, 1.807) is 26.0 Å². The molecule has 0 bridgehead atoms. The van der Waals surface area contributed by atoms with Crippen LogP contribution in [0.5, 0.6) is 0 Å². The Kier molecular flexibility index (Phi) is 5.95. The lowest BCUT2D eigenvalue weighted by molar-refractivity contribution is -0.120. The van der Waals surface area contributed by atoms with E-state index in [1.165, 1.54) is 4.90 Å². The van der Waals surface area contributed by atoms with Crippen LogP contribution in [-0.4, -0.2) is 17.4 Å². The third-order valence-corrected chi connectivity index (χ3v) is 5.17. The average Bonchev–Trinajstić information content (AvgIpc) is 2.71. The van der Waals surface area contributed by atoms with Gasteiger partial charge >= 0.3 is 0 Å². The number of benzene rings is 3. The van der Waals surface area contributed by atoms with E-state index in [0.717, 1.165) is 4.47 Å². The summed E-state index contributed by atoms with van der Waals surface area (Å²) in [6, 6.07) is 25.6. The van der Waals surface area contributed by atoms with Gasteiger partial charge in [-0.1, -0.05) is 48.5 Å². The van der Waals surface area contributed by atoms with Crippen LogP contribution >= 0.6 is 15.9 Å². The lowest BCUT2D eigenvalue weighted by Gasteiger charge is -2.37. The second kappa shape index (κ2) is 8.40. The lowest BCUT2D eigenvalue weighted by atomic mass is 9.98. The fourth-order valence-electron chi connectivity index (χ4n) is 2.92. The maximum absolute atomic E-state index is 13.4. The van der Waals surface area contributed by atoms with Gasteiger partial charge in [-0.3, -0.25) is 14.5 Å². The zero-order valence-corrected chi connectivity index (χ0v) is 17.3. The molecule has 0 aliphatic heterocycles. The number of para-hydroxylation sites is 2. The Balaban J connectivity index is 2.00. The molecule has 0 fully saturated rings. The van der Waals surface area contributed by atoms with Crippen LogP contribution in [0.1, 0.15) is 24.2 Å². The predicted octanol–water partition coefficient (Wildman–Crippen LogP) is 5.51. The number of hydrogen-bond donors (Lipinski definition) is 1. The van der Waals surface area contributed by atoms with Gasteiger partial charge in [-0.05, 0) is 66.2 Å².